The third kappa shape index (κ3) is 4.74. The highest BCUT2D eigenvalue weighted by Gasteiger charge is 2.26. The van der Waals surface area contributed by atoms with Crippen molar-refractivity contribution >= 4 is 12.2 Å². The van der Waals surface area contributed by atoms with E-state index in [1.807, 2.05) is 6.92 Å². The van der Waals surface area contributed by atoms with Crippen molar-refractivity contribution in [1.29, 1.82) is 0 Å². The van der Waals surface area contributed by atoms with Crippen molar-refractivity contribution in [1.82, 2.24) is 9.97 Å². The average Bonchev–Trinajstić information content (AvgIpc) is 2.13. The highest BCUT2D eigenvalue weighted by atomic mass is 32.1. The normalized spacial score (nSPS) is 11.8. The fraction of sp³-hybridized carbons (Fsp3) is 0.600. The molecule has 1 heterocycles. The van der Waals surface area contributed by atoms with Crippen LogP contribution in [-0.4, -0.2) is 16.1 Å². The molecule has 0 unspecified atom stereocenters. The summed E-state index contributed by atoms with van der Waals surface area (Å²) in [6.07, 6.45) is -3.50. The number of nitrogens with one attached hydrogen (secondary N) is 1. The highest BCUT2D eigenvalue weighted by Crippen LogP contribution is 2.21. The number of halogens is 3. The van der Waals surface area contributed by atoms with Gasteiger partial charge in [-0.05, 0) is 12.5 Å². The summed E-state index contributed by atoms with van der Waals surface area (Å²) in [6, 6.07) is 1.69. The van der Waals surface area contributed by atoms with Crippen LogP contribution in [0.3, 0.4) is 0 Å². The van der Waals surface area contributed by atoms with E-state index in [9.17, 15) is 13.2 Å². The van der Waals surface area contributed by atoms with Gasteiger partial charge >= 0.3 is 6.18 Å². The monoisotopic (exact) mass is 250 g/mol. The molecule has 1 aromatic heterocycles. The molecule has 0 saturated heterocycles. The van der Waals surface area contributed by atoms with Crippen LogP contribution in [0.1, 0.15) is 31.3 Å². The largest absolute Gasteiger partial charge is 0.389 e. The Kier molecular flexibility index (Phi) is 4.46. The van der Waals surface area contributed by atoms with Crippen LogP contribution >= 0.6 is 12.2 Å². The molecule has 0 saturated carbocycles. The molecule has 2 nitrogen and oxygen atoms in total. The molecule has 1 N–H and O–H groups in total. The number of H-pyrrole nitrogens is 1. The number of hydrogen-bond donors (Lipinski definition) is 1. The molecule has 6 heteroatoms. The zero-order valence-corrected chi connectivity index (χ0v) is 9.71. The summed E-state index contributed by atoms with van der Waals surface area (Å²) in [4.78, 5) is 6.76. The fourth-order valence-corrected chi connectivity index (χ4v) is 1.60. The van der Waals surface area contributed by atoms with Gasteiger partial charge in [0.05, 0.1) is 6.42 Å². The molecule has 0 radical (unpaired) electrons. The summed E-state index contributed by atoms with van der Waals surface area (Å²) < 4.78 is 36.4. The van der Waals surface area contributed by atoms with Crippen molar-refractivity contribution in [3.05, 3.63) is 22.2 Å². The van der Waals surface area contributed by atoms with Crippen molar-refractivity contribution in [3.8, 4) is 0 Å². The quantitative estimate of drug-likeness (QED) is 0.827. The highest BCUT2D eigenvalue weighted by molar-refractivity contribution is 7.71. The maximum atomic E-state index is 12.0. The van der Waals surface area contributed by atoms with E-state index in [2.05, 4.69) is 9.97 Å². The van der Waals surface area contributed by atoms with Gasteiger partial charge in [-0.1, -0.05) is 25.6 Å². The van der Waals surface area contributed by atoms with Crippen LogP contribution < -0.4 is 0 Å². The minimum atomic E-state index is -4.15. The molecule has 16 heavy (non-hydrogen) atoms. The van der Waals surface area contributed by atoms with Crippen molar-refractivity contribution < 1.29 is 13.2 Å². The molecule has 0 fully saturated rings. The predicted octanol–water partition coefficient (Wildman–Crippen LogP) is 3.59. The first kappa shape index (κ1) is 13.2. The first-order chi connectivity index (χ1) is 7.40. The van der Waals surface area contributed by atoms with Gasteiger partial charge in [-0.25, -0.2) is 4.98 Å². The standard InChI is InChI=1S/C10H13F3N2S/c1-2-3-7-6-9(16)15-8(14-7)4-5-10(11,12)13/h6H,2-5H2,1H3,(H,14,15,16). The van der Waals surface area contributed by atoms with Gasteiger partial charge in [0.15, 0.2) is 0 Å². The first-order valence-corrected chi connectivity index (χ1v) is 5.47. The molecule has 0 bridgehead atoms. The summed E-state index contributed by atoms with van der Waals surface area (Å²) in [7, 11) is 0. The second kappa shape index (κ2) is 5.43. The Balaban J connectivity index is 2.76. The number of aromatic nitrogens is 2. The van der Waals surface area contributed by atoms with Gasteiger partial charge < -0.3 is 4.98 Å². The smallest absolute Gasteiger partial charge is 0.347 e. The maximum absolute atomic E-state index is 12.0. The molecule has 0 atom stereocenters. The third-order valence-electron chi connectivity index (χ3n) is 2.01. The van der Waals surface area contributed by atoms with E-state index in [1.165, 1.54) is 0 Å². The van der Waals surface area contributed by atoms with Gasteiger partial charge in [0.2, 0.25) is 0 Å². The first-order valence-electron chi connectivity index (χ1n) is 5.06. The summed E-state index contributed by atoms with van der Waals surface area (Å²) in [5, 5.41) is 0. The molecular weight excluding hydrogens is 237 g/mol. The minimum Gasteiger partial charge on any atom is -0.347 e. The molecule has 90 valence electrons. The molecule has 1 rings (SSSR count). The topological polar surface area (TPSA) is 28.7 Å². The third-order valence-corrected chi connectivity index (χ3v) is 2.22. The number of aryl methyl sites for hydroxylation is 2. The lowest BCUT2D eigenvalue weighted by atomic mass is 10.2. The van der Waals surface area contributed by atoms with Gasteiger partial charge in [-0.3, -0.25) is 0 Å². The number of rotatable bonds is 4. The molecule has 0 spiro atoms. The zero-order chi connectivity index (χ0) is 12.2. The number of nitrogens with zero attached hydrogens (tertiary/aromatic N) is 1. The Hall–Kier alpha value is -0.910. The van der Waals surface area contributed by atoms with E-state index >= 15 is 0 Å². The Bertz CT molecular complexity index is 398. The predicted molar refractivity (Wildman–Crippen MR) is 57.8 cm³/mol. The lowest BCUT2D eigenvalue weighted by Gasteiger charge is -2.07. The van der Waals surface area contributed by atoms with E-state index in [0.717, 1.165) is 18.5 Å². The van der Waals surface area contributed by atoms with Crippen LogP contribution in [0, 0.1) is 4.64 Å². The SMILES string of the molecule is CCCc1cc(=S)nc(CCC(F)(F)F)[nH]1. The molecule has 0 amide bonds. The fourth-order valence-electron chi connectivity index (χ4n) is 1.35. The van der Waals surface area contributed by atoms with Crippen LogP contribution in [0.2, 0.25) is 0 Å². The lowest BCUT2D eigenvalue weighted by Crippen LogP contribution is -2.10. The van der Waals surface area contributed by atoms with Crippen LogP contribution in [0.25, 0.3) is 0 Å². The van der Waals surface area contributed by atoms with Crippen LogP contribution in [0.4, 0.5) is 13.2 Å². The Morgan fingerprint density at radius 2 is 2.06 bits per heavy atom. The Labute approximate surface area is 96.9 Å². The van der Waals surface area contributed by atoms with Gasteiger partial charge in [0.1, 0.15) is 10.5 Å². The number of hydrogen-bond acceptors (Lipinski definition) is 2. The second-order valence-corrected chi connectivity index (χ2v) is 3.97. The molecule has 0 aliphatic heterocycles. The van der Waals surface area contributed by atoms with E-state index < -0.39 is 12.6 Å². The van der Waals surface area contributed by atoms with E-state index in [4.69, 9.17) is 12.2 Å². The Morgan fingerprint density at radius 1 is 1.38 bits per heavy atom. The molecule has 0 aliphatic carbocycles. The number of alkyl halides is 3. The second-order valence-electron chi connectivity index (χ2n) is 3.56. The van der Waals surface area contributed by atoms with Gasteiger partial charge in [-0.15, -0.1) is 0 Å². The minimum absolute atomic E-state index is 0.148. The maximum Gasteiger partial charge on any atom is 0.389 e. The molecule has 0 aromatic carbocycles. The van der Waals surface area contributed by atoms with Gasteiger partial charge in [-0.2, -0.15) is 13.2 Å². The van der Waals surface area contributed by atoms with Gasteiger partial charge in [0, 0.05) is 12.1 Å². The molecular formula is C10H13F3N2S. The molecule has 1 aromatic rings. The van der Waals surface area contributed by atoms with E-state index in [-0.39, 0.29) is 6.42 Å². The lowest BCUT2D eigenvalue weighted by molar-refractivity contribution is -0.134. The summed E-state index contributed by atoms with van der Waals surface area (Å²) in [6.45, 7) is 1.99. The Morgan fingerprint density at radius 3 is 2.62 bits per heavy atom. The van der Waals surface area contributed by atoms with Crippen molar-refractivity contribution in [2.24, 2.45) is 0 Å². The van der Waals surface area contributed by atoms with Gasteiger partial charge in [0.25, 0.3) is 0 Å². The van der Waals surface area contributed by atoms with Crippen LogP contribution in [0.5, 0.6) is 0 Å². The van der Waals surface area contributed by atoms with E-state index in [0.29, 0.717) is 10.5 Å². The average molecular weight is 250 g/mol. The van der Waals surface area contributed by atoms with Crippen molar-refractivity contribution in [2.75, 3.05) is 0 Å². The summed E-state index contributed by atoms with van der Waals surface area (Å²) >= 11 is 4.90. The summed E-state index contributed by atoms with van der Waals surface area (Å²) in [5.41, 5.74) is 0.847. The summed E-state index contributed by atoms with van der Waals surface area (Å²) in [5.74, 6) is 0.313. The van der Waals surface area contributed by atoms with Crippen molar-refractivity contribution in [3.63, 3.8) is 0 Å². The zero-order valence-electron chi connectivity index (χ0n) is 8.90. The van der Waals surface area contributed by atoms with Crippen molar-refractivity contribution in [2.45, 2.75) is 38.8 Å². The van der Waals surface area contributed by atoms with Crippen LogP contribution in [-0.2, 0) is 12.8 Å². The van der Waals surface area contributed by atoms with E-state index in [1.54, 1.807) is 6.07 Å². The van der Waals surface area contributed by atoms with Crippen LogP contribution in [0.15, 0.2) is 6.07 Å². The number of aromatic amines is 1. The molecule has 0 aliphatic rings.